The molecule has 0 atom stereocenters. The minimum Gasteiger partial charge on any atom is -0.381 e. The van der Waals surface area contributed by atoms with Crippen LogP contribution in [0.15, 0.2) is 0 Å². The van der Waals surface area contributed by atoms with E-state index in [9.17, 15) is 0 Å². The van der Waals surface area contributed by atoms with Gasteiger partial charge in [-0.15, -0.1) is 0 Å². The van der Waals surface area contributed by atoms with Crippen molar-refractivity contribution in [1.29, 1.82) is 0 Å². The van der Waals surface area contributed by atoms with Crippen molar-refractivity contribution >= 4 is 9.52 Å². The Hall–Kier alpha value is 0.0569. The zero-order valence-corrected chi connectivity index (χ0v) is 16.1. The average molecular weight is 320 g/mol. The van der Waals surface area contributed by atoms with Crippen LogP contribution < -0.4 is 0 Å². The Kier molecular flexibility index (Phi) is 16.5. The second-order valence-electron chi connectivity index (χ2n) is 5.18. The van der Waals surface area contributed by atoms with Gasteiger partial charge in [-0.05, 0) is 45.8 Å². The van der Waals surface area contributed by atoms with Gasteiger partial charge in [-0.3, -0.25) is 0 Å². The zero-order chi connectivity index (χ0) is 15.8. The third kappa shape index (κ3) is 13.4. The van der Waals surface area contributed by atoms with Crippen LogP contribution in [-0.4, -0.2) is 66.8 Å². The van der Waals surface area contributed by atoms with Gasteiger partial charge in [-0.1, -0.05) is 19.9 Å². The lowest BCUT2D eigenvalue weighted by Gasteiger charge is -2.17. The van der Waals surface area contributed by atoms with Crippen LogP contribution in [0.1, 0.15) is 40.5 Å². The molecule has 0 aliphatic heterocycles. The predicted molar refractivity (Wildman–Crippen MR) is 93.0 cm³/mol. The quantitative estimate of drug-likeness (QED) is 0.248. The Morgan fingerprint density at radius 1 is 0.905 bits per heavy atom. The van der Waals surface area contributed by atoms with Crippen LogP contribution in [0.4, 0.5) is 0 Å². The minimum absolute atomic E-state index is 0.0432. The summed E-state index contributed by atoms with van der Waals surface area (Å²) >= 11 is 0. The van der Waals surface area contributed by atoms with Gasteiger partial charge < -0.3 is 19.1 Å². The summed E-state index contributed by atoms with van der Waals surface area (Å²) in [4.78, 5) is 2.44. The van der Waals surface area contributed by atoms with Gasteiger partial charge >= 0.3 is 0 Å². The molecule has 21 heavy (non-hydrogen) atoms. The van der Waals surface area contributed by atoms with E-state index in [2.05, 4.69) is 18.7 Å². The highest BCUT2D eigenvalue weighted by Gasteiger charge is 2.07. The lowest BCUT2D eigenvalue weighted by atomic mass is 10.4. The summed E-state index contributed by atoms with van der Waals surface area (Å²) < 4.78 is 16.8. The number of rotatable bonds is 16. The third-order valence-corrected chi connectivity index (χ3v) is 5.47. The fourth-order valence-corrected chi connectivity index (χ4v) is 3.82. The van der Waals surface area contributed by atoms with E-state index >= 15 is 0 Å². The molecule has 0 N–H and O–H groups in total. The fraction of sp³-hybridized carbons (Fsp3) is 1.00. The summed E-state index contributed by atoms with van der Waals surface area (Å²) in [5, 5.41) is 0. The Balaban J connectivity index is 3.31. The Bertz CT molecular complexity index is 198. The van der Waals surface area contributed by atoms with Crippen LogP contribution in [0.2, 0.25) is 12.1 Å². The molecule has 4 nitrogen and oxygen atoms in total. The van der Waals surface area contributed by atoms with Gasteiger partial charge in [0.2, 0.25) is 0 Å². The second kappa shape index (κ2) is 16.4. The Labute approximate surface area is 134 Å². The summed E-state index contributed by atoms with van der Waals surface area (Å²) in [7, 11) is -0.0748. The molecule has 0 fully saturated rings. The van der Waals surface area contributed by atoms with Gasteiger partial charge in [0.05, 0.1) is 0 Å². The van der Waals surface area contributed by atoms with E-state index in [-0.39, 0.29) is 15.8 Å². The molecule has 0 aliphatic rings. The first kappa shape index (κ1) is 21.1. The van der Waals surface area contributed by atoms with Crippen LogP contribution in [0.25, 0.3) is 0 Å². The van der Waals surface area contributed by atoms with Crippen molar-refractivity contribution < 1.29 is 14.2 Å². The molecule has 128 valence electrons. The average Bonchev–Trinajstić information content (AvgIpc) is 2.49. The number of hydrogen-bond donors (Lipinski definition) is 0. The molecule has 5 heteroatoms. The normalized spacial score (nSPS) is 12.3. The van der Waals surface area contributed by atoms with Crippen LogP contribution in [0, 0.1) is 0 Å². The van der Waals surface area contributed by atoms with Crippen LogP contribution >= 0.6 is 0 Å². The summed E-state index contributed by atoms with van der Waals surface area (Å²) in [6.07, 6.45) is 2.39. The van der Waals surface area contributed by atoms with E-state index in [0.29, 0.717) is 0 Å². The molecule has 0 rings (SSSR count). The van der Waals surface area contributed by atoms with Gasteiger partial charge in [0, 0.05) is 42.5 Å². The van der Waals surface area contributed by atoms with Crippen molar-refractivity contribution in [2.45, 2.75) is 58.9 Å². The highest BCUT2D eigenvalue weighted by atomic mass is 28.2. The summed E-state index contributed by atoms with van der Waals surface area (Å²) in [6, 6.07) is 2.45. The maximum Gasteiger partial charge on any atom is 0.154 e. The Morgan fingerprint density at radius 3 is 2.10 bits per heavy atom. The van der Waals surface area contributed by atoms with Crippen molar-refractivity contribution in [3.8, 4) is 0 Å². The van der Waals surface area contributed by atoms with E-state index in [4.69, 9.17) is 14.2 Å². The minimum atomic E-state index is -0.0748. The van der Waals surface area contributed by atoms with E-state index in [0.717, 1.165) is 58.5 Å². The second-order valence-corrected chi connectivity index (χ2v) is 7.17. The van der Waals surface area contributed by atoms with E-state index in [1.165, 1.54) is 12.5 Å². The smallest absolute Gasteiger partial charge is 0.154 e. The summed E-state index contributed by atoms with van der Waals surface area (Å²) in [5.41, 5.74) is 0. The lowest BCUT2D eigenvalue weighted by molar-refractivity contribution is -0.123. The first-order valence-electron chi connectivity index (χ1n) is 8.81. The molecule has 0 aromatic heterocycles. The number of hydrogen-bond acceptors (Lipinski definition) is 4. The monoisotopic (exact) mass is 319 g/mol. The maximum atomic E-state index is 5.71. The van der Waals surface area contributed by atoms with Gasteiger partial charge in [-0.2, -0.15) is 0 Å². The third-order valence-electron chi connectivity index (χ3n) is 3.59. The highest BCUT2D eigenvalue weighted by molar-refractivity contribution is 6.35. The van der Waals surface area contributed by atoms with Gasteiger partial charge in [0.25, 0.3) is 0 Å². The van der Waals surface area contributed by atoms with E-state index < -0.39 is 0 Å². The molecular weight excluding hydrogens is 282 g/mol. The molecule has 0 radical (unpaired) electrons. The predicted octanol–water partition coefficient (Wildman–Crippen LogP) is 2.53. The Morgan fingerprint density at radius 2 is 1.52 bits per heavy atom. The van der Waals surface area contributed by atoms with Crippen LogP contribution in [0.3, 0.4) is 0 Å². The molecule has 0 aromatic rings. The number of ether oxygens (including phenoxy) is 3. The first-order valence-corrected chi connectivity index (χ1v) is 10.8. The van der Waals surface area contributed by atoms with Gasteiger partial charge in [0.1, 0.15) is 0 Å². The van der Waals surface area contributed by atoms with Gasteiger partial charge in [-0.25, -0.2) is 0 Å². The maximum absolute atomic E-state index is 5.71. The largest absolute Gasteiger partial charge is 0.381 e. The number of nitrogens with zero attached hydrogens (tertiary/aromatic N) is 1. The van der Waals surface area contributed by atoms with Gasteiger partial charge in [0.15, 0.2) is 6.29 Å². The van der Waals surface area contributed by atoms with Crippen LogP contribution in [0.5, 0.6) is 0 Å². The van der Waals surface area contributed by atoms with Crippen molar-refractivity contribution in [1.82, 2.24) is 4.90 Å². The lowest BCUT2D eigenvalue weighted by Crippen LogP contribution is -2.24. The molecule has 0 aliphatic carbocycles. The SMILES string of the molecule is CCOC(C[SiH2]CCCOCCCN(CC)CC)OCC. The van der Waals surface area contributed by atoms with Crippen molar-refractivity contribution in [3.63, 3.8) is 0 Å². The first-order chi connectivity index (χ1) is 10.3. The zero-order valence-electron chi connectivity index (χ0n) is 14.7. The van der Waals surface area contributed by atoms with Crippen molar-refractivity contribution in [2.24, 2.45) is 0 Å². The summed E-state index contributed by atoms with van der Waals surface area (Å²) in [5.74, 6) is 0. The molecule has 0 aromatic carbocycles. The molecule has 0 heterocycles. The molecule has 0 amide bonds. The molecule has 0 saturated heterocycles. The van der Waals surface area contributed by atoms with Crippen LogP contribution in [-0.2, 0) is 14.2 Å². The molecule has 0 bridgehead atoms. The molecular formula is C16H37NO3Si. The highest BCUT2D eigenvalue weighted by Crippen LogP contribution is 2.04. The summed E-state index contributed by atoms with van der Waals surface area (Å²) in [6.45, 7) is 15.2. The fourth-order valence-electron chi connectivity index (χ4n) is 2.31. The van der Waals surface area contributed by atoms with E-state index in [1.54, 1.807) is 0 Å². The standard InChI is InChI=1S/C16H37NO3Si/c1-5-17(6-2)11-9-12-18-13-10-14-21-15-16(19-7-3)20-8-4/h16H,5-15,21H2,1-4H3. The molecule has 0 unspecified atom stereocenters. The van der Waals surface area contributed by atoms with Crippen molar-refractivity contribution in [3.05, 3.63) is 0 Å². The molecule has 0 spiro atoms. The topological polar surface area (TPSA) is 30.9 Å². The van der Waals surface area contributed by atoms with Crippen molar-refractivity contribution in [2.75, 3.05) is 46.1 Å². The molecule has 0 saturated carbocycles. The van der Waals surface area contributed by atoms with E-state index in [1.807, 2.05) is 13.8 Å².